The number of aromatic nitrogens is 2. The number of ether oxygens (including phenoxy) is 1. The number of benzene rings is 1. The second-order valence-corrected chi connectivity index (χ2v) is 6.15. The number of nitrogens with zero attached hydrogens (tertiary/aromatic N) is 2. The molecule has 1 aromatic carbocycles. The van der Waals surface area contributed by atoms with Crippen LogP contribution in [-0.4, -0.2) is 33.9 Å². The Kier molecular flexibility index (Phi) is 6.77. The van der Waals surface area contributed by atoms with E-state index in [1.807, 2.05) is 42.8 Å². The minimum absolute atomic E-state index is 0.120. The minimum Gasteiger partial charge on any atom is -0.481 e. The molecule has 0 fully saturated rings. The molecule has 140 valence electrons. The first-order chi connectivity index (χ1) is 12.4. The summed E-state index contributed by atoms with van der Waals surface area (Å²) in [5, 5.41) is 16.7. The minimum atomic E-state index is -0.797. The van der Waals surface area contributed by atoms with Crippen molar-refractivity contribution in [3.05, 3.63) is 46.8 Å². The zero-order valence-electron chi connectivity index (χ0n) is 15.4. The first-order valence-corrected chi connectivity index (χ1v) is 8.55. The van der Waals surface area contributed by atoms with E-state index in [1.165, 1.54) is 7.11 Å². The SMILES string of the molecule is COC(=O)CCn1nc(C)c(CNc2cccc(CCC(=O)O)c2)c1C. The van der Waals surface area contributed by atoms with Gasteiger partial charge in [0.25, 0.3) is 0 Å². The molecule has 0 saturated carbocycles. The molecule has 7 heteroatoms. The Bertz CT molecular complexity index is 783. The summed E-state index contributed by atoms with van der Waals surface area (Å²) in [6.07, 6.45) is 0.917. The molecule has 0 saturated heterocycles. The van der Waals surface area contributed by atoms with Crippen molar-refractivity contribution in [3.63, 3.8) is 0 Å². The van der Waals surface area contributed by atoms with Crippen LogP contribution in [0.5, 0.6) is 0 Å². The molecule has 26 heavy (non-hydrogen) atoms. The molecule has 0 aliphatic rings. The number of hydrogen-bond donors (Lipinski definition) is 2. The quantitative estimate of drug-likeness (QED) is 0.669. The number of esters is 1. The molecular formula is C19H25N3O4. The summed E-state index contributed by atoms with van der Waals surface area (Å²) in [7, 11) is 1.38. The summed E-state index contributed by atoms with van der Waals surface area (Å²) in [5.74, 6) is -1.05. The van der Waals surface area contributed by atoms with Crippen molar-refractivity contribution in [3.8, 4) is 0 Å². The van der Waals surface area contributed by atoms with Crippen LogP contribution in [-0.2, 0) is 33.8 Å². The molecule has 0 radical (unpaired) electrons. The average molecular weight is 359 g/mol. The molecule has 7 nitrogen and oxygen atoms in total. The van der Waals surface area contributed by atoms with Crippen molar-refractivity contribution in [1.29, 1.82) is 0 Å². The van der Waals surface area contributed by atoms with Crippen LogP contribution in [0, 0.1) is 13.8 Å². The maximum atomic E-state index is 11.3. The summed E-state index contributed by atoms with van der Waals surface area (Å²) in [4.78, 5) is 22.0. The van der Waals surface area contributed by atoms with E-state index in [4.69, 9.17) is 5.11 Å². The van der Waals surface area contributed by atoms with Gasteiger partial charge in [-0.2, -0.15) is 5.10 Å². The highest BCUT2D eigenvalue weighted by Crippen LogP contribution is 2.18. The van der Waals surface area contributed by atoms with Gasteiger partial charge in [-0.15, -0.1) is 0 Å². The third kappa shape index (κ3) is 5.34. The molecule has 0 atom stereocenters. The number of aliphatic carboxylic acids is 1. The van der Waals surface area contributed by atoms with Gasteiger partial charge in [-0.3, -0.25) is 14.3 Å². The van der Waals surface area contributed by atoms with Gasteiger partial charge in [-0.1, -0.05) is 12.1 Å². The Labute approximate surface area is 153 Å². The number of aryl methyl sites for hydroxylation is 3. The second kappa shape index (κ2) is 9.03. The van der Waals surface area contributed by atoms with Gasteiger partial charge in [0, 0.05) is 29.9 Å². The van der Waals surface area contributed by atoms with Crippen LogP contribution in [0.25, 0.3) is 0 Å². The fourth-order valence-corrected chi connectivity index (χ4v) is 2.79. The molecular weight excluding hydrogens is 334 g/mol. The number of carbonyl (C=O) groups is 2. The van der Waals surface area contributed by atoms with Crippen LogP contribution in [0.4, 0.5) is 5.69 Å². The van der Waals surface area contributed by atoms with Crippen molar-refractivity contribution in [1.82, 2.24) is 9.78 Å². The van der Waals surface area contributed by atoms with Crippen LogP contribution in [0.3, 0.4) is 0 Å². The van der Waals surface area contributed by atoms with E-state index in [-0.39, 0.29) is 18.8 Å². The Morgan fingerprint density at radius 3 is 2.73 bits per heavy atom. The summed E-state index contributed by atoms with van der Waals surface area (Å²) < 4.78 is 6.50. The molecule has 2 rings (SSSR count). The standard InChI is InChI=1S/C19H25N3O4/c1-13-17(14(2)22(21-13)10-9-19(25)26-3)12-20-16-6-4-5-15(11-16)7-8-18(23)24/h4-6,11,20H,7-10,12H2,1-3H3,(H,23,24). The second-order valence-electron chi connectivity index (χ2n) is 6.15. The van der Waals surface area contributed by atoms with Gasteiger partial charge in [0.05, 0.1) is 25.8 Å². The van der Waals surface area contributed by atoms with E-state index in [0.29, 0.717) is 19.5 Å². The van der Waals surface area contributed by atoms with Gasteiger partial charge in [-0.05, 0) is 38.0 Å². The molecule has 0 aliphatic carbocycles. The number of carbonyl (C=O) groups excluding carboxylic acids is 1. The lowest BCUT2D eigenvalue weighted by atomic mass is 10.1. The van der Waals surface area contributed by atoms with Gasteiger partial charge in [0.1, 0.15) is 0 Å². The lowest BCUT2D eigenvalue weighted by molar-refractivity contribution is -0.141. The van der Waals surface area contributed by atoms with Crippen molar-refractivity contribution >= 4 is 17.6 Å². The van der Waals surface area contributed by atoms with Crippen molar-refractivity contribution in [2.45, 2.75) is 46.2 Å². The van der Waals surface area contributed by atoms with Gasteiger partial charge in [-0.25, -0.2) is 0 Å². The summed E-state index contributed by atoms with van der Waals surface area (Å²) in [6.45, 7) is 5.03. The number of anilines is 1. The lowest BCUT2D eigenvalue weighted by Crippen LogP contribution is -2.10. The van der Waals surface area contributed by atoms with E-state index in [1.54, 1.807) is 0 Å². The zero-order chi connectivity index (χ0) is 19.1. The highest BCUT2D eigenvalue weighted by Gasteiger charge is 2.12. The maximum Gasteiger partial charge on any atom is 0.307 e. The largest absolute Gasteiger partial charge is 0.481 e. The number of carboxylic acid groups (broad SMARTS) is 1. The fraction of sp³-hybridized carbons (Fsp3) is 0.421. The Morgan fingerprint density at radius 1 is 1.27 bits per heavy atom. The molecule has 0 unspecified atom stereocenters. The topological polar surface area (TPSA) is 93.5 Å². The molecule has 0 aliphatic heterocycles. The van der Waals surface area contributed by atoms with Gasteiger partial charge >= 0.3 is 11.9 Å². The first-order valence-electron chi connectivity index (χ1n) is 8.55. The smallest absolute Gasteiger partial charge is 0.307 e. The maximum absolute atomic E-state index is 11.3. The first kappa shape index (κ1) is 19.5. The average Bonchev–Trinajstić information content (AvgIpc) is 2.89. The van der Waals surface area contributed by atoms with E-state index in [0.717, 1.165) is 28.2 Å². The Morgan fingerprint density at radius 2 is 2.04 bits per heavy atom. The van der Waals surface area contributed by atoms with Crippen LogP contribution in [0.2, 0.25) is 0 Å². The van der Waals surface area contributed by atoms with Gasteiger partial charge in [0.15, 0.2) is 0 Å². The molecule has 1 heterocycles. The van der Waals surface area contributed by atoms with Crippen LogP contribution >= 0.6 is 0 Å². The van der Waals surface area contributed by atoms with Crippen molar-refractivity contribution < 1.29 is 19.4 Å². The molecule has 0 amide bonds. The van der Waals surface area contributed by atoms with E-state index in [9.17, 15) is 9.59 Å². The van der Waals surface area contributed by atoms with E-state index < -0.39 is 5.97 Å². The van der Waals surface area contributed by atoms with Crippen LogP contribution < -0.4 is 5.32 Å². The molecule has 2 N–H and O–H groups in total. The number of carboxylic acids is 1. The molecule has 0 bridgehead atoms. The summed E-state index contributed by atoms with van der Waals surface area (Å²) in [5.41, 5.74) is 4.95. The predicted octanol–water partition coefficient (Wildman–Crippen LogP) is 2.69. The van der Waals surface area contributed by atoms with E-state index in [2.05, 4.69) is 15.2 Å². The normalized spacial score (nSPS) is 10.6. The Balaban J connectivity index is 2.01. The van der Waals surface area contributed by atoms with Crippen molar-refractivity contribution in [2.75, 3.05) is 12.4 Å². The van der Waals surface area contributed by atoms with Crippen molar-refractivity contribution in [2.24, 2.45) is 0 Å². The predicted molar refractivity (Wildman–Crippen MR) is 98.1 cm³/mol. The molecule has 2 aromatic rings. The highest BCUT2D eigenvalue weighted by molar-refractivity contribution is 5.69. The third-order valence-corrected chi connectivity index (χ3v) is 4.31. The number of rotatable bonds is 9. The molecule has 0 spiro atoms. The summed E-state index contributed by atoms with van der Waals surface area (Å²) in [6, 6.07) is 7.76. The number of hydrogen-bond acceptors (Lipinski definition) is 5. The fourth-order valence-electron chi connectivity index (χ4n) is 2.79. The van der Waals surface area contributed by atoms with Crippen LogP contribution in [0.1, 0.15) is 35.4 Å². The summed E-state index contributed by atoms with van der Waals surface area (Å²) >= 11 is 0. The van der Waals surface area contributed by atoms with Gasteiger partial charge < -0.3 is 15.2 Å². The Hall–Kier alpha value is -2.83. The number of methoxy groups -OCH3 is 1. The van der Waals surface area contributed by atoms with E-state index >= 15 is 0 Å². The third-order valence-electron chi connectivity index (χ3n) is 4.31. The monoisotopic (exact) mass is 359 g/mol. The van der Waals surface area contributed by atoms with Gasteiger partial charge in [0.2, 0.25) is 0 Å². The zero-order valence-corrected chi connectivity index (χ0v) is 15.4. The molecule has 1 aromatic heterocycles. The lowest BCUT2D eigenvalue weighted by Gasteiger charge is -2.09. The number of nitrogens with one attached hydrogen (secondary N) is 1. The van der Waals surface area contributed by atoms with Crippen LogP contribution in [0.15, 0.2) is 24.3 Å². The highest BCUT2D eigenvalue weighted by atomic mass is 16.5.